The summed E-state index contributed by atoms with van der Waals surface area (Å²) in [4.78, 5) is 23.0. The summed E-state index contributed by atoms with van der Waals surface area (Å²) in [6, 6.07) is 7.92. The maximum Gasteiger partial charge on any atom is 0.374 e. The van der Waals surface area contributed by atoms with Gasteiger partial charge in [-0.3, -0.25) is 4.79 Å². The smallest absolute Gasteiger partial charge is 0.374 e. The van der Waals surface area contributed by atoms with E-state index in [1.165, 1.54) is 0 Å². The molecule has 0 aliphatic carbocycles. The van der Waals surface area contributed by atoms with Crippen LogP contribution in [0, 0.1) is 0 Å². The van der Waals surface area contributed by atoms with Crippen molar-refractivity contribution in [3.8, 4) is 0 Å². The van der Waals surface area contributed by atoms with Gasteiger partial charge in [0.05, 0.1) is 12.0 Å². The minimum atomic E-state index is -0.620. The third kappa shape index (κ3) is 2.97. The maximum absolute atomic E-state index is 11.6. The first kappa shape index (κ1) is 14.0. The Labute approximate surface area is 120 Å². The average molecular weight is 241 g/mol. The fraction of sp³-hybridized carbons (Fsp3) is 0.167. The molecular formula is C12H10NaO4. The van der Waals surface area contributed by atoms with E-state index in [4.69, 9.17) is 9.15 Å². The Balaban J connectivity index is 0.00000144. The molecule has 0 amide bonds. The van der Waals surface area contributed by atoms with Gasteiger partial charge in [0.25, 0.3) is 0 Å². The largest absolute Gasteiger partial charge is 0.460 e. The third-order valence-electron chi connectivity index (χ3n) is 2.11. The van der Waals surface area contributed by atoms with Gasteiger partial charge in [0.15, 0.2) is 5.43 Å². The molecule has 0 bridgehead atoms. The molecule has 1 aromatic heterocycles. The number of hydrogen-bond acceptors (Lipinski definition) is 4. The molecular weight excluding hydrogens is 231 g/mol. The van der Waals surface area contributed by atoms with E-state index in [1.54, 1.807) is 31.2 Å². The molecule has 1 aromatic carbocycles. The van der Waals surface area contributed by atoms with E-state index in [9.17, 15) is 9.59 Å². The second kappa shape index (κ2) is 6.00. The molecule has 83 valence electrons. The molecule has 0 unspecified atom stereocenters. The number of carbonyl (C=O) groups is 1. The molecule has 17 heavy (non-hydrogen) atoms. The van der Waals surface area contributed by atoms with Gasteiger partial charge < -0.3 is 9.15 Å². The number of hydrogen-bond donors (Lipinski definition) is 0. The van der Waals surface area contributed by atoms with Gasteiger partial charge in [0, 0.05) is 35.6 Å². The van der Waals surface area contributed by atoms with Crippen LogP contribution in [0.1, 0.15) is 17.5 Å². The summed E-state index contributed by atoms with van der Waals surface area (Å²) in [5.41, 5.74) is 0.142. The van der Waals surface area contributed by atoms with Crippen LogP contribution in [-0.2, 0) is 4.74 Å². The summed E-state index contributed by atoms with van der Waals surface area (Å²) >= 11 is 0. The summed E-state index contributed by atoms with van der Waals surface area (Å²) in [6.45, 7) is 1.94. The minimum Gasteiger partial charge on any atom is -0.460 e. The van der Waals surface area contributed by atoms with Crippen LogP contribution in [0.2, 0.25) is 0 Å². The quantitative estimate of drug-likeness (QED) is 0.591. The Morgan fingerprint density at radius 3 is 2.76 bits per heavy atom. The van der Waals surface area contributed by atoms with Crippen molar-refractivity contribution >= 4 is 46.5 Å². The van der Waals surface area contributed by atoms with Crippen molar-refractivity contribution in [3.05, 3.63) is 46.3 Å². The standard InChI is InChI=1S/C12H10O4.Na/c1-2-15-12(14)11-7-9(13)8-5-3-4-6-10(8)16-11;/h3-7H,2H2,1H3;. The zero-order chi connectivity index (χ0) is 11.5. The van der Waals surface area contributed by atoms with Crippen LogP contribution < -0.4 is 5.43 Å². The van der Waals surface area contributed by atoms with Crippen LogP contribution in [0.3, 0.4) is 0 Å². The number of esters is 1. The molecule has 0 spiro atoms. The van der Waals surface area contributed by atoms with E-state index < -0.39 is 5.97 Å². The molecule has 0 saturated heterocycles. The van der Waals surface area contributed by atoms with Gasteiger partial charge in [-0.2, -0.15) is 0 Å². The molecule has 5 heteroatoms. The Morgan fingerprint density at radius 2 is 2.06 bits per heavy atom. The molecule has 0 N–H and O–H groups in total. The first-order valence-corrected chi connectivity index (χ1v) is 4.92. The number of carbonyl (C=O) groups excluding carboxylic acids is 1. The number of fused-ring (bicyclic) bond motifs is 1. The second-order valence-electron chi connectivity index (χ2n) is 3.19. The number of benzene rings is 1. The first-order valence-electron chi connectivity index (χ1n) is 4.92. The van der Waals surface area contributed by atoms with Crippen LogP contribution in [-0.4, -0.2) is 42.1 Å². The molecule has 4 nitrogen and oxygen atoms in total. The van der Waals surface area contributed by atoms with E-state index >= 15 is 0 Å². The minimum absolute atomic E-state index is 0. The maximum atomic E-state index is 11.6. The molecule has 1 radical (unpaired) electrons. The SMILES string of the molecule is CCOC(=O)c1cc(=O)c2ccccc2o1.[Na]. The number of rotatable bonds is 2. The van der Waals surface area contributed by atoms with Crippen molar-refractivity contribution in [2.24, 2.45) is 0 Å². The Hall–Kier alpha value is -1.10. The van der Waals surface area contributed by atoms with Crippen LogP contribution in [0.15, 0.2) is 39.5 Å². The van der Waals surface area contributed by atoms with Crippen molar-refractivity contribution in [1.29, 1.82) is 0 Å². The molecule has 1 heterocycles. The van der Waals surface area contributed by atoms with Gasteiger partial charge in [0.2, 0.25) is 5.76 Å². The normalized spacial score (nSPS) is 9.71. The fourth-order valence-corrected chi connectivity index (χ4v) is 1.41. The molecule has 0 atom stereocenters. The summed E-state index contributed by atoms with van der Waals surface area (Å²) in [7, 11) is 0. The topological polar surface area (TPSA) is 56.5 Å². The van der Waals surface area contributed by atoms with Gasteiger partial charge in [-0.1, -0.05) is 12.1 Å². The van der Waals surface area contributed by atoms with Gasteiger partial charge in [-0.25, -0.2) is 4.79 Å². The van der Waals surface area contributed by atoms with Gasteiger partial charge in [0.1, 0.15) is 5.58 Å². The van der Waals surface area contributed by atoms with E-state index in [-0.39, 0.29) is 47.4 Å². The van der Waals surface area contributed by atoms with E-state index in [0.29, 0.717) is 11.0 Å². The molecule has 2 aromatic rings. The Morgan fingerprint density at radius 1 is 1.35 bits per heavy atom. The zero-order valence-electron chi connectivity index (χ0n) is 9.73. The van der Waals surface area contributed by atoms with Crippen molar-refractivity contribution in [2.75, 3.05) is 6.61 Å². The van der Waals surface area contributed by atoms with Crippen molar-refractivity contribution in [2.45, 2.75) is 6.92 Å². The molecule has 0 saturated carbocycles. The van der Waals surface area contributed by atoms with E-state index in [1.807, 2.05) is 0 Å². The van der Waals surface area contributed by atoms with Crippen molar-refractivity contribution < 1.29 is 13.9 Å². The van der Waals surface area contributed by atoms with Crippen molar-refractivity contribution in [1.82, 2.24) is 0 Å². The summed E-state index contributed by atoms with van der Waals surface area (Å²) in [5.74, 6) is -0.684. The number of para-hydroxylation sites is 1. The Bertz CT molecular complexity index is 588. The van der Waals surface area contributed by atoms with E-state index in [2.05, 4.69) is 0 Å². The predicted molar refractivity (Wildman–Crippen MR) is 64.2 cm³/mol. The van der Waals surface area contributed by atoms with Gasteiger partial charge >= 0.3 is 5.97 Å². The Kier molecular flexibility index (Phi) is 4.93. The summed E-state index contributed by atoms with van der Waals surface area (Å²) in [6.07, 6.45) is 0. The molecule has 2 rings (SSSR count). The van der Waals surface area contributed by atoms with Gasteiger partial charge in [-0.05, 0) is 19.1 Å². The predicted octanol–water partition coefficient (Wildman–Crippen LogP) is 1.59. The van der Waals surface area contributed by atoms with Crippen LogP contribution in [0.5, 0.6) is 0 Å². The monoisotopic (exact) mass is 241 g/mol. The zero-order valence-corrected chi connectivity index (χ0v) is 11.7. The number of ether oxygens (including phenoxy) is 1. The summed E-state index contributed by atoms with van der Waals surface area (Å²) < 4.78 is 10.0. The van der Waals surface area contributed by atoms with E-state index in [0.717, 1.165) is 6.07 Å². The second-order valence-corrected chi connectivity index (χ2v) is 3.19. The third-order valence-corrected chi connectivity index (χ3v) is 2.11. The van der Waals surface area contributed by atoms with Crippen LogP contribution in [0.25, 0.3) is 11.0 Å². The van der Waals surface area contributed by atoms with Crippen LogP contribution in [0.4, 0.5) is 0 Å². The molecule has 0 fully saturated rings. The van der Waals surface area contributed by atoms with Crippen molar-refractivity contribution in [3.63, 3.8) is 0 Å². The average Bonchev–Trinajstić information content (AvgIpc) is 2.29. The fourth-order valence-electron chi connectivity index (χ4n) is 1.41. The molecule has 0 aliphatic heterocycles. The summed E-state index contributed by atoms with van der Waals surface area (Å²) in [5, 5.41) is 0.454. The molecule has 0 aliphatic rings. The first-order chi connectivity index (χ1) is 7.72. The van der Waals surface area contributed by atoms with Crippen LogP contribution >= 0.6 is 0 Å². The van der Waals surface area contributed by atoms with Gasteiger partial charge in [-0.15, -0.1) is 0 Å².